The second kappa shape index (κ2) is 32.0. The molecule has 244 valence electrons. The highest BCUT2D eigenvalue weighted by Gasteiger charge is 2.13. The smallest absolute Gasteiger partial charge is 0.0782 e. The van der Waals surface area contributed by atoms with Gasteiger partial charge in [-0.25, -0.2) is 18.6 Å². The van der Waals surface area contributed by atoms with Gasteiger partial charge in [-0.1, -0.05) is 168 Å². The number of rotatable bonds is 30. The maximum absolute atomic E-state index is 8.49. The first kappa shape index (κ1) is 42.2. The Morgan fingerprint density at radius 2 is 0.475 bits per heavy atom. The van der Waals surface area contributed by atoms with Crippen molar-refractivity contribution in [2.75, 3.05) is 27.2 Å². The molecule has 6 heteroatoms. The topological polar surface area (TPSA) is 92.2 Å². The van der Waals surface area contributed by atoms with Gasteiger partial charge in [0.15, 0.2) is 0 Å². The van der Waals surface area contributed by atoms with E-state index in [2.05, 4.69) is 27.9 Å². The van der Waals surface area contributed by atoms with E-state index >= 15 is 0 Å². The summed E-state index contributed by atoms with van der Waals surface area (Å²) >= 11 is 0. The lowest BCUT2D eigenvalue weighted by atomic mass is 10.0. The molecule has 0 heterocycles. The predicted molar refractivity (Wildman–Crippen MR) is 162 cm³/mol. The van der Waals surface area contributed by atoms with Crippen molar-refractivity contribution in [1.29, 1.82) is 0 Å². The van der Waals surface area contributed by atoms with Gasteiger partial charge in [-0.15, -0.1) is 10.2 Å². The van der Waals surface area contributed by atoms with E-state index in [1.165, 1.54) is 197 Å². The molecule has 0 bridgehead atoms. The molecule has 0 atom stereocenters. The van der Waals surface area contributed by atoms with E-state index in [1.807, 2.05) is 0 Å². The minimum absolute atomic E-state index is 1.25. The van der Waals surface area contributed by atoms with Crippen LogP contribution in [0.3, 0.4) is 0 Å². The minimum atomic E-state index is -4.94. The standard InChI is InChI=1S/C34H72N.ClHO4/c1-5-7-9-11-13-15-17-19-21-23-25-27-29-31-33-35(3,4)34-32-30-28-26-24-22-20-18-16-14-12-10-8-6-2;2-1(3,4)5/h5-34H2,1-4H3;(H,2,3,4,5)/q+1;/p-1. The van der Waals surface area contributed by atoms with Crippen LogP contribution in [0.1, 0.15) is 194 Å². The van der Waals surface area contributed by atoms with E-state index in [9.17, 15) is 0 Å². The van der Waals surface area contributed by atoms with Crippen LogP contribution in [0.2, 0.25) is 0 Å². The highest BCUT2D eigenvalue weighted by atomic mass is 35.7. The molecule has 0 fully saturated rings. The van der Waals surface area contributed by atoms with E-state index in [4.69, 9.17) is 18.6 Å². The van der Waals surface area contributed by atoms with Crippen LogP contribution in [0.25, 0.3) is 0 Å². The van der Waals surface area contributed by atoms with E-state index in [0.29, 0.717) is 0 Å². The van der Waals surface area contributed by atoms with Crippen molar-refractivity contribution >= 4 is 0 Å². The molecule has 0 radical (unpaired) electrons. The quantitative estimate of drug-likeness (QED) is 0.0646. The second-order valence-corrected chi connectivity index (χ2v) is 13.7. The van der Waals surface area contributed by atoms with E-state index in [-0.39, 0.29) is 0 Å². The van der Waals surface area contributed by atoms with Crippen LogP contribution >= 0.6 is 0 Å². The van der Waals surface area contributed by atoms with Crippen molar-refractivity contribution in [3.8, 4) is 0 Å². The Balaban J connectivity index is 0. The second-order valence-electron chi connectivity index (χ2n) is 13.0. The summed E-state index contributed by atoms with van der Waals surface area (Å²) < 4.78 is 35.2. The number of halogens is 1. The molecule has 0 aliphatic heterocycles. The summed E-state index contributed by atoms with van der Waals surface area (Å²) in [5.74, 6) is 0. The maximum Gasteiger partial charge on any atom is 0.0782 e. The zero-order valence-corrected chi connectivity index (χ0v) is 28.4. The van der Waals surface area contributed by atoms with Crippen LogP contribution in [0.15, 0.2) is 0 Å². The first-order valence-electron chi connectivity index (χ1n) is 17.6. The average molecular weight is 594 g/mol. The predicted octanol–water partition coefficient (Wildman–Crippen LogP) is 7.27. The monoisotopic (exact) mass is 594 g/mol. The maximum atomic E-state index is 8.49. The molecule has 5 nitrogen and oxygen atoms in total. The molecule has 0 saturated carbocycles. The van der Waals surface area contributed by atoms with Gasteiger partial charge in [0.05, 0.1) is 27.2 Å². The number of unbranched alkanes of at least 4 members (excludes halogenated alkanes) is 26. The van der Waals surface area contributed by atoms with Crippen molar-refractivity contribution in [3.05, 3.63) is 0 Å². The molecular weight excluding hydrogens is 522 g/mol. The molecule has 40 heavy (non-hydrogen) atoms. The minimum Gasteiger partial charge on any atom is -0.328 e. The van der Waals surface area contributed by atoms with Gasteiger partial charge in [0.1, 0.15) is 0 Å². The van der Waals surface area contributed by atoms with Crippen molar-refractivity contribution in [2.24, 2.45) is 0 Å². The number of hydrogen-bond donors (Lipinski definition) is 0. The molecule has 0 aromatic rings. The average Bonchev–Trinajstić information content (AvgIpc) is 2.88. The fourth-order valence-electron chi connectivity index (χ4n) is 5.58. The molecule has 0 aromatic carbocycles. The Morgan fingerprint density at radius 1 is 0.325 bits per heavy atom. The zero-order chi connectivity index (χ0) is 30.2. The number of quaternary nitrogens is 1. The van der Waals surface area contributed by atoms with Gasteiger partial charge in [-0.2, -0.15) is 0 Å². The van der Waals surface area contributed by atoms with Gasteiger partial charge < -0.3 is 4.48 Å². The van der Waals surface area contributed by atoms with E-state index in [0.717, 1.165) is 0 Å². The van der Waals surface area contributed by atoms with Gasteiger partial charge in [0, 0.05) is 0 Å². The number of hydrogen-bond acceptors (Lipinski definition) is 4. The van der Waals surface area contributed by atoms with Gasteiger partial charge in [0.25, 0.3) is 0 Å². The van der Waals surface area contributed by atoms with Crippen LogP contribution in [0.5, 0.6) is 0 Å². The third-order valence-corrected chi connectivity index (χ3v) is 8.23. The molecule has 0 aromatic heterocycles. The molecule has 0 aliphatic rings. The fraction of sp³-hybridized carbons (Fsp3) is 1.00. The molecule has 0 unspecified atom stereocenters. The van der Waals surface area contributed by atoms with Crippen molar-refractivity contribution in [3.63, 3.8) is 0 Å². The summed E-state index contributed by atoms with van der Waals surface area (Å²) in [4.78, 5) is 0. The summed E-state index contributed by atoms with van der Waals surface area (Å²) in [6.45, 7) is 7.38. The SMILES string of the molecule is CCCCCCCCCCCCCCCC[N+](C)(C)CCCCCCCCCCCCCCCC.[O-][Cl+3]([O-])([O-])[O-]. The number of nitrogens with zero attached hydrogens (tertiary/aromatic N) is 1. The summed E-state index contributed by atoms with van der Waals surface area (Å²) in [5.41, 5.74) is 0. The lowest BCUT2D eigenvalue weighted by Crippen LogP contribution is -2.68. The van der Waals surface area contributed by atoms with Crippen molar-refractivity contribution in [1.82, 2.24) is 0 Å². The van der Waals surface area contributed by atoms with Crippen LogP contribution < -0.4 is 18.6 Å². The van der Waals surface area contributed by atoms with Gasteiger partial charge >= 0.3 is 0 Å². The third-order valence-electron chi connectivity index (χ3n) is 8.23. The molecule has 0 N–H and O–H groups in total. The first-order chi connectivity index (χ1) is 19.1. The van der Waals surface area contributed by atoms with Crippen LogP contribution in [-0.4, -0.2) is 31.7 Å². The Morgan fingerprint density at radius 3 is 0.650 bits per heavy atom. The molecular formula is C34H72ClNO4. The molecule has 0 rings (SSSR count). The Labute approximate surface area is 253 Å². The molecule has 0 saturated heterocycles. The first-order valence-corrected chi connectivity index (χ1v) is 18.8. The van der Waals surface area contributed by atoms with Gasteiger partial charge in [-0.05, 0) is 25.7 Å². The normalized spacial score (nSPS) is 12.0. The Bertz CT molecular complexity index is 431. The van der Waals surface area contributed by atoms with Crippen molar-refractivity contribution in [2.45, 2.75) is 194 Å². The van der Waals surface area contributed by atoms with Gasteiger partial charge in [0.2, 0.25) is 0 Å². The molecule has 0 amide bonds. The summed E-state index contributed by atoms with van der Waals surface area (Å²) in [6.07, 6.45) is 40.9. The van der Waals surface area contributed by atoms with Crippen LogP contribution in [0, 0.1) is 10.2 Å². The largest absolute Gasteiger partial charge is 0.328 e. The summed E-state index contributed by atoms with van der Waals surface area (Å²) in [7, 11) is -0.0188. The van der Waals surface area contributed by atoms with Crippen LogP contribution in [0.4, 0.5) is 0 Å². The highest BCUT2D eigenvalue weighted by molar-refractivity contribution is 4.51. The lowest BCUT2D eigenvalue weighted by Gasteiger charge is -2.30. The summed E-state index contributed by atoms with van der Waals surface area (Å²) in [6, 6.07) is 0. The zero-order valence-electron chi connectivity index (χ0n) is 27.7. The van der Waals surface area contributed by atoms with Crippen molar-refractivity contribution < 1.29 is 33.4 Å². The van der Waals surface area contributed by atoms with Crippen LogP contribution in [-0.2, 0) is 0 Å². The van der Waals surface area contributed by atoms with E-state index in [1.54, 1.807) is 0 Å². The lowest BCUT2D eigenvalue weighted by molar-refractivity contribution is -2.00. The highest BCUT2D eigenvalue weighted by Crippen LogP contribution is 2.15. The van der Waals surface area contributed by atoms with E-state index < -0.39 is 10.2 Å². The molecule has 0 aliphatic carbocycles. The Hall–Kier alpha value is 0.0900. The van der Waals surface area contributed by atoms with Gasteiger partial charge in [-0.3, -0.25) is 0 Å². The third kappa shape index (κ3) is 45.1. The molecule has 0 spiro atoms. The Kier molecular flexibility index (Phi) is 33.8. The summed E-state index contributed by atoms with van der Waals surface area (Å²) in [5, 5.41) is 0. The fourth-order valence-corrected chi connectivity index (χ4v) is 5.58.